The molecule has 0 spiro atoms. The third kappa shape index (κ3) is 5.68. The number of hydrogen-bond acceptors (Lipinski definition) is 6. The van der Waals surface area contributed by atoms with Crippen molar-refractivity contribution in [2.24, 2.45) is 0 Å². The molecular formula is C14H21N3O2S3. The van der Waals surface area contributed by atoms with Gasteiger partial charge in [0.25, 0.3) is 0 Å². The van der Waals surface area contributed by atoms with E-state index in [0.29, 0.717) is 13.0 Å². The van der Waals surface area contributed by atoms with Gasteiger partial charge in [0.15, 0.2) is 5.13 Å². The smallest absolute Gasteiger partial charge is 0.208 e. The van der Waals surface area contributed by atoms with E-state index in [9.17, 15) is 8.42 Å². The van der Waals surface area contributed by atoms with Crippen LogP contribution < -0.4 is 10.0 Å². The summed E-state index contributed by atoms with van der Waals surface area (Å²) < 4.78 is 24.6. The lowest BCUT2D eigenvalue weighted by Crippen LogP contribution is -2.23. The summed E-state index contributed by atoms with van der Waals surface area (Å²) in [7, 11) is -3.11. The Balaban J connectivity index is 1.90. The Morgan fingerprint density at radius 3 is 2.82 bits per heavy atom. The summed E-state index contributed by atoms with van der Waals surface area (Å²) in [4.78, 5) is 6.86. The van der Waals surface area contributed by atoms with E-state index in [0.717, 1.165) is 33.5 Å². The van der Waals surface area contributed by atoms with Crippen LogP contribution in [0.25, 0.3) is 10.6 Å². The number of anilines is 1. The van der Waals surface area contributed by atoms with Gasteiger partial charge in [0.2, 0.25) is 10.0 Å². The Hall–Kier alpha value is -0.960. The fourth-order valence-corrected chi connectivity index (χ4v) is 4.10. The van der Waals surface area contributed by atoms with Crippen molar-refractivity contribution in [1.29, 1.82) is 0 Å². The first-order chi connectivity index (χ1) is 10.5. The van der Waals surface area contributed by atoms with Gasteiger partial charge in [-0.15, -0.1) is 22.7 Å². The van der Waals surface area contributed by atoms with Gasteiger partial charge in [0.1, 0.15) is 0 Å². The average Bonchev–Trinajstić information content (AvgIpc) is 3.06. The highest BCUT2D eigenvalue weighted by atomic mass is 32.2. The zero-order chi connectivity index (χ0) is 16.0. The third-order valence-electron chi connectivity index (χ3n) is 2.96. The summed E-state index contributed by atoms with van der Waals surface area (Å²) in [6.45, 7) is 3.55. The van der Waals surface area contributed by atoms with E-state index in [1.165, 1.54) is 12.7 Å². The van der Waals surface area contributed by atoms with Crippen molar-refractivity contribution in [3.63, 3.8) is 0 Å². The monoisotopic (exact) mass is 359 g/mol. The molecule has 0 bridgehead atoms. The quantitative estimate of drug-likeness (QED) is 0.675. The number of thiazole rings is 1. The fourth-order valence-electron chi connectivity index (χ4n) is 1.85. The van der Waals surface area contributed by atoms with Gasteiger partial charge in [-0.05, 0) is 25.0 Å². The van der Waals surface area contributed by atoms with Gasteiger partial charge in [-0.25, -0.2) is 18.1 Å². The molecule has 2 heterocycles. The Morgan fingerprint density at radius 2 is 2.09 bits per heavy atom. The molecule has 0 aliphatic carbocycles. The molecule has 0 aliphatic rings. The largest absolute Gasteiger partial charge is 0.362 e. The van der Waals surface area contributed by atoms with Gasteiger partial charge in [0.05, 0.1) is 16.8 Å². The highest BCUT2D eigenvalue weighted by Crippen LogP contribution is 2.30. The van der Waals surface area contributed by atoms with E-state index < -0.39 is 10.0 Å². The lowest BCUT2D eigenvalue weighted by atomic mass is 10.3. The van der Waals surface area contributed by atoms with Crippen LogP contribution in [-0.4, -0.2) is 32.7 Å². The zero-order valence-corrected chi connectivity index (χ0v) is 15.2. The van der Waals surface area contributed by atoms with Crippen LogP contribution in [0.2, 0.25) is 0 Å². The second kappa shape index (κ2) is 8.05. The maximum Gasteiger partial charge on any atom is 0.208 e. The van der Waals surface area contributed by atoms with Crippen LogP contribution in [0.4, 0.5) is 5.13 Å². The molecule has 0 aromatic carbocycles. The predicted molar refractivity (Wildman–Crippen MR) is 95.4 cm³/mol. The van der Waals surface area contributed by atoms with Gasteiger partial charge < -0.3 is 5.32 Å². The minimum Gasteiger partial charge on any atom is -0.362 e. The lowest BCUT2D eigenvalue weighted by Gasteiger charge is -1.99. The molecule has 5 nitrogen and oxygen atoms in total. The van der Waals surface area contributed by atoms with Crippen molar-refractivity contribution < 1.29 is 8.42 Å². The van der Waals surface area contributed by atoms with Crippen LogP contribution in [0, 0.1) is 0 Å². The summed E-state index contributed by atoms with van der Waals surface area (Å²) in [6.07, 6.45) is 4.19. The van der Waals surface area contributed by atoms with Crippen LogP contribution in [0.15, 0.2) is 17.5 Å². The topological polar surface area (TPSA) is 71.1 Å². The number of thiophene rings is 1. The molecule has 2 rings (SSSR count). The molecule has 2 aromatic rings. The van der Waals surface area contributed by atoms with E-state index in [1.807, 2.05) is 12.1 Å². The number of nitrogens with zero attached hydrogens (tertiary/aromatic N) is 1. The molecule has 0 radical (unpaired) electrons. The highest BCUT2D eigenvalue weighted by Gasteiger charge is 2.08. The molecule has 0 unspecified atom stereocenters. The maximum atomic E-state index is 11.0. The highest BCUT2D eigenvalue weighted by molar-refractivity contribution is 7.88. The number of rotatable bonds is 9. The van der Waals surface area contributed by atoms with Gasteiger partial charge >= 0.3 is 0 Å². The Bertz CT molecular complexity index is 692. The van der Waals surface area contributed by atoms with E-state index in [-0.39, 0.29) is 0 Å². The van der Waals surface area contributed by atoms with Gasteiger partial charge in [-0.1, -0.05) is 13.3 Å². The summed E-state index contributed by atoms with van der Waals surface area (Å²) in [5, 5.41) is 6.34. The van der Waals surface area contributed by atoms with Crippen LogP contribution in [0.3, 0.4) is 0 Å². The minimum absolute atomic E-state index is 0.430. The van der Waals surface area contributed by atoms with Crippen molar-refractivity contribution in [1.82, 2.24) is 9.71 Å². The zero-order valence-electron chi connectivity index (χ0n) is 12.8. The molecule has 0 fully saturated rings. The first kappa shape index (κ1) is 17.4. The Morgan fingerprint density at radius 1 is 1.27 bits per heavy atom. The van der Waals surface area contributed by atoms with Crippen LogP contribution in [-0.2, 0) is 16.4 Å². The van der Waals surface area contributed by atoms with Crippen molar-refractivity contribution >= 4 is 37.8 Å². The maximum absolute atomic E-state index is 11.0. The SMILES string of the molecule is CCCCNc1nc(-c2ccc(CCNS(C)(=O)=O)s2)cs1. The average molecular weight is 360 g/mol. The molecule has 122 valence electrons. The molecule has 2 N–H and O–H groups in total. The summed E-state index contributed by atoms with van der Waals surface area (Å²) in [5.74, 6) is 0. The second-order valence-corrected chi connectivity index (χ2v) is 8.86. The Kier molecular flexibility index (Phi) is 6.37. The summed E-state index contributed by atoms with van der Waals surface area (Å²) in [5.41, 5.74) is 0.983. The molecule has 0 amide bonds. The van der Waals surface area contributed by atoms with Crippen molar-refractivity contribution in [2.45, 2.75) is 26.2 Å². The van der Waals surface area contributed by atoms with Crippen molar-refractivity contribution in [3.05, 3.63) is 22.4 Å². The standard InChI is InChI=1S/C14H21N3O2S3/c1-3-4-8-15-14-17-12(10-20-14)13-6-5-11(21-13)7-9-16-22(2,18)19/h5-6,10,16H,3-4,7-9H2,1-2H3,(H,15,17). The number of hydrogen-bond donors (Lipinski definition) is 2. The second-order valence-electron chi connectivity index (χ2n) is 5.00. The lowest BCUT2D eigenvalue weighted by molar-refractivity contribution is 0.588. The van der Waals surface area contributed by atoms with Crippen molar-refractivity contribution in [2.75, 3.05) is 24.7 Å². The fraction of sp³-hybridized carbons (Fsp3) is 0.500. The normalized spacial score (nSPS) is 11.7. The molecule has 0 saturated heterocycles. The molecule has 0 aliphatic heterocycles. The van der Waals surface area contributed by atoms with E-state index >= 15 is 0 Å². The van der Waals surface area contributed by atoms with Crippen LogP contribution in [0.1, 0.15) is 24.6 Å². The number of aromatic nitrogens is 1. The first-order valence-electron chi connectivity index (χ1n) is 7.21. The van der Waals surface area contributed by atoms with Gasteiger partial charge in [-0.2, -0.15) is 0 Å². The third-order valence-corrected chi connectivity index (χ3v) is 5.66. The van der Waals surface area contributed by atoms with Crippen LogP contribution in [0.5, 0.6) is 0 Å². The van der Waals surface area contributed by atoms with Crippen molar-refractivity contribution in [3.8, 4) is 10.6 Å². The molecule has 2 aromatic heterocycles. The predicted octanol–water partition coefficient (Wildman–Crippen LogP) is 3.18. The molecule has 0 saturated carbocycles. The summed E-state index contributed by atoms with van der Waals surface area (Å²) >= 11 is 3.28. The molecule has 0 atom stereocenters. The first-order valence-corrected chi connectivity index (χ1v) is 10.8. The number of sulfonamides is 1. The molecule has 8 heteroatoms. The Labute approximate surface area is 139 Å². The number of unbranched alkanes of at least 4 members (excludes halogenated alkanes) is 1. The van der Waals surface area contributed by atoms with Gasteiger partial charge in [0, 0.05) is 23.3 Å². The number of nitrogens with one attached hydrogen (secondary N) is 2. The summed E-state index contributed by atoms with van der Waals surface area (Å²) in [6, 6.07) is 4.08. The van der Waals surface area contributed by atoms with E-state index in [2.05, 4.69) is 27.3 Å². The van der Waals surface area contributed by atoms with Gasteiger partial charge in [-0.3, -0.25) is 0 Å². The van der Waals surface area contributed by atoms with E-state index in [1.54, 1.807) is 22.7 Å². The van der Waals surface area contributed by atoms with E-state index in [4.69, 9.17) is 0 Å². The molecule has 22 heavy (non-hydrogen) atoms. The minimum atomic E-state index is -3.11. The van der Waals surface area contributed by atoms with Crippen LogP contribution >= 0.6 is 22.7 Å². The molecular weight excluding hydrogens is 338 g/mol.